The van der Waals surface area contributed by atoms with Gasteiger partial charge in [0.2, 0.25) is 0 Å². The van der Waals surface area contributed by atoms with Crippen molar-refractivity contribution in [3.05, 3.63) is 34.4 Å². The second-order valence-electron chi connectivity index (χ2n) is 3.45. The van der Waals surface area contributed by atoms with Crippen molar-refractivity contribution in [2.45, 2.75) is 12.8 Å². The van der Waals surface area contributed by atoms with Crippen LogP contribution in [0, 0.1) is 16.0 Å². The van der Waals surface area contributed by atoms with Crippen LogP contribution in [0.25, 0.3) is 0 Å². The van der Waals surface area contributed by atoms with Gasteiger partial charge in [0.15, 0.2) is 0 Å². The fourth-order valence-electron chi connectivity index (χ4n) is 1.15. The molecule has 0 bridgehead atoms. The number of rotatable bonds is 3. The van der Waals surface area contributed by atoms with Crippen molar-refractivity contribution < 1.29 is 14.5 Å². The summed E-state index contributed by atoms with van der Waals surface area (Å²) < 4.78 is 5.01. The molecule has 1 aromatic carbocycles. The van der Waals surface area contributed by atoms with E-state index in [2.05, 4.69) is 0 Å². The summed E-state index contributed by atoms with van der Waals surface area (Å²) >= 11 is 0. The normalized spacial score (nSPS) is 14.7. The van der Waals surface area contributed by atoms with Crippen LogP contribution in [0.5, 0.6) is 5.75 Å². The van der Waals surface area contributed by atoms with Gasteiger partial charge in [0, 0.05) is 12.1 Å². The molecule has 2 rings (SSSR count). The average molecular weight is 207 g/mol. The molecule has 15 heavy (non-hydrogen) atoms. The Morgan fingerprint density at radius 1 is 1.33 bits per heavy atom. The highest BCUT2D eigenvalue weighted by Gasteiger charge is 2.31. The van der Waals surface area contributed by atoms with E-state index in [0.29, 0.717) is 5.75 Å². The molecule has 0 aliphatic heterocycles. The summed E-state index contributed by atoms with van der Waals surface area (Å²) in [6.07, 6.45) is 1.76. The van der Waals surface area contributed by atoms with Gasteiger partial charge in [-0.2, -0.15) is 0 Å². The van der Waals surface area contributed by atoms with Gasteiger partial charge in [-0.1, -0.05) is 0 Å². The maximum absolute atomic E-state index is 11.2. The lowest BCUT2D eigenvalue weighted by Crippen LogP contribution is -2.09. The van der Waals surface area contributed by atoms with E-state index in [0.717, 1.165) is 12.8 Å². The van der Waals surface area contributed by atoms with Gasteiger partial charge in [0.1, 0.15) is 5.75 Å². The van der Waals surface area contributed by atoms with Crippen molar-refractivity contribution in [3.63, 3.8) is 0 Å². The molecule has 1 fully saturated rings. The molecule has 1 aromatic rings. The van der Waals surface area contributed by atoms with Crippen molar-refractivity contribution in [1.29, 1.82) is 0 Å². The van der Waals surface area contributed by atoms with Crippen LogP contribution in [0.4, 0.5) is 5.69 Å². The predicted molar refractivity (Wildman–Crippen MR) is 51.5 cm³/mol. The second kappa shape index (κ2) is 3.68. The topological polar surface area (TPSA) is 69.4 Å². The third kappa shape index (κ3) is 2.31. The molecule has 5 nitrogen and oxygen atoms in total. The number of nitro benzene ring substituents is 1. The van der Waals surface area contributed by atoms with E-state index in [9.17, 15) is 14.9 Å². The molecule has 0 aromatic heterocycles. The Kier molecular flexibility index (Phi) is 2.37. The first-order valence-electron chi connectivity index (χ1n) is 4.63. The standard InChI is InChI=1S/C10H9NO4/c12-10(7-1-2-7)15-9-5-3-8(4-6-9)11(13)14/h3-7H,1-2H2. The number of ether oxygens (including phenoxy) is 1. The predicted octanol–water partition coefficient (Wildman–Crippen LogP) is 1.91. The quantitative estimate of drug-likeness (QED) is 0.328. The minimum atomic E-state index is -0.494. The van der Waals surface area contributed by atoms with Crippen LogP contribution in [0.15, 0.2) is 24.3 Å². The average Bonchev–Trinajstić information content (AvgIpc) is 3.01. The largest absolute Gasteiger partial charge is 0.426 e. The van der Waals surface area contributed by atoms with E-state index in [1.807, 2.05) is 0 Å². The third-order valence-electron chi connectivity index (χ3n) is 2.18. The Balaban J connectivity index is 2.03. The van der Waals surface area contributed by atoms with Gasteiger partial charge < -0.3 is 4.74 Å². The minimum Gasteiger partial charge on any atom is -0.426 e. The lowest BCUT2D eigenvalue weighted by molar-refractivity contribution is -0.384. The number of benzene rings is 1. The van der Waals surface area contributed by atoms with Crippen LogP contribution in [0.1, 0.15) is 12.8 Å². The van der Waals surface area contributed by atoms with Crippen molar-refractivity contribution in [1.82, 2.24) is 0 Å². The maximum Gasteiger partial charge on any atom is 0.314 e. The smallest absolute Gasteiger partial charge is 0.314 e. The SMILES string of the molecule is O=C(Oc1ccc([N+](=O)[O-])cc1)C1CC1. The number of esters is 1. The number of nitro groups is 1. The van der Waals surface area contributed by atoms with Gasteiger partial charge in [-0.15, -0.1) is 0 Å². The first-order chi connectivity index (χ1) is 7.16. The second-order valence-corrected chi connectivity index (χ2v) is 3.45. The molecule has 1 aliphatic carbocycles. The van der Waals surface area contributed by atoms with Gasteiger partial charge in [-0.05, 0) is 25.0 Å². The Bertz CT molecular complexity index is 394. The Morgan fingerprint density at radius 2 is 1.93 bits per heavy atom. The number of hydrogen-bond acceptors (Lipinski definition) is 4. The van der Waals surface area contributed by atoms with Gasteiger partial charge in [-0.25, -0.2) is 0 Å². The summed E-state index contributed by atoms with van der Waals surface area (Å²) in [5.74, 6) is 0.140. The third-order valence-corrected chi connectivity index (χ3v) is 2.18. The first kappa shape index (κ1) is 9.64. The fraction of sp³-hybridized carbons (Fsp3) is 0.300. The zero-order valence-electron chi connectivity index (χ0n) is 7.88. The van der Waals surface area contributed by atoms with E-state index in [1.54, 1.807) is 0 Å². The van der Waals surface area contributed by atoms with Crippen LogP contribution in [-0.4, -0.2) is 10.9 Å². The van der Waals surface area contributed by atoms with Gasteiger partial charge in [-0.3, -0.25) is 14.9 Å². The van der Waals surface area contributed by atoms with Gasteiger partial charge in [0.05, 0.1) is 10.8 Å². The van der Waals surface area contributed by atoms with E-state index >= 15 is 0 Å². The van der Waals surface area contributed by atoms with E-state index < -0.39 is 4.92 Å². The van der Waals surface area contributed by atoms with Crippen molar-refractivity contribution in [2.24, 2.45) is 5.92 Å². The summed E-state index contributed by atoms with van der Waals surface area (Å²) in [4.78, 5) is 21.1. The molecule has 78 valence electrons. The summed E-state index contributed by atoms with van der Waals surface area (Å²) in [7, 11) is 0. The van der Waals surface area contributed by atoms with Crippen molar-refractivity contribution in [2.75, 3.05) is 0 Å². The molecule has 0 radical (unpaired) electrons. The molecule has 1 saturated carbocycles. The van der Waals surface area contributed by atoms with Crippen LogP contribution in [-0.2, 0) is 4.79 Å². The highest BCUT2D eigenvalue weighted by Crippen LogP contribution is 2.31. The van der Waals surface area contributed by atoms with Crippen LogP contribution in [0.3, 0.4) is 0 Å². The number of carbonyl (C=O) groups excluding carboxylic acids is 1. The maximum atomic E-state index is 11.2. The fourth-order valence-corrected chi connectivity index (χ4v) is 1.15. The molecule has 5 heteroatoms. The molecule has 0 amide bonds. The summed E-state index contributed by atoms with van der Waals surface area (Å²) in [5.41, 5.74) is -0.0128. The lowest BCUT2D eigenvalue weighted by atomic mass is 10.3. The monoisotopic (exact) mass is 207 g/mol. The Hall–Kier alpha value is -1.91. The molecule has 0 spiro atoms. The number of hydrogen-bond donors (Lipinski definition) is 0. The highest BCUT2D eigenvalue weighted by molar-refractivity contribution is 5.77. The van der Waals surface area contributed by atoms with E-state index in [4.69, 9.17) is 4.74 Å². The van der Waals surface area contributed by atoms with E-state index in [-0.39, 0.29) is 17.6 Å². The Labute approximate surface area is 85.8 Å². The number of carbonyl (C=O) groups is 1. The summed E-state index contributed by atoms with van der Waals surface area (Å²) in [6, 6.07) is 5.49. The van der Waals surface area contributed by atoms with Crippen LogP contribution in [0.2, 0.25) is 0 Å². The molecule has 1 aliphatic rings. The molecule has 0 heterocycles. The summed E-state index contributed by atoms with van der Waals surface area (Å²) in [6.45, 7) is 0. The molecule has 0 unspecified atom stereocenters. The van der Waals surface area contributed by atoms with Crippen LogP contribution < -0.4 is 4.74 Å². The minimum absolute atomic E-state index is 0.0128. The van der Waals surface area contributed by atoms with E-state index in [1.165, 1.54) is 24.3 Å². The molecular weight excluding hydrogens is 198 g/mol. The van der Waals surface area contributed by atoms with Crippen LogP contribution >= 0.6 is 0 Å². The zero-order valence-corrected chi connectivity index (χ0v) is 7.88. The highest BCUT2D eigenvalue weighted by atomic mass is 16.6. The molecular formula is C10H9NO4. The first-order valence-corrected chi connectivity index (χ1v) is 4.63. The lowest BCUT2D eigenvalue weighted by Gasteiger charge is -2.01. The molecule has 0 saturated heterocycles. The van der Waals surface area contributed by atoms with Gasteiger partial charge in [0.25, 0.3) is 5.69 Å². The molecule has 0 N–H and O–H groups in total. The molecule has 0 atom stereocenters. The van der Waals surface area contributed by atoms with Gasteiger partial charge >= 0.3 is 5.97 Å². The zero-order chi connectivity index (χ0) is 10.8. The summed E-state index contributed by atoms with van der Waals surface area (Å²) in [5, 5.41) is 10.4. The Morgan fingerprint density at radius 3 is 2.40 bits per heavy atom. The van der Waals surface area contributed by atoms with Crippen molar-refractivity contribution >= 4 is 11.7 Å². The number of nitrogens with zero attached hydrogens (tertiary/aromatic N) is 1. The van der Waals surface area contributed by atoms with Crippen molar-refractivity contribution in [3.8, 4) is 5.75 Å². The number of non-ortho nitro benzene ring substituents is 1.